The summed E-state index contributed by atoms with van der Waals surface area (Å²) in [6.07, 6.45) is 1.08. The van der Waals surface area contributed by atoms with Crippen molar-refractivity contribution in [1.82, 2.24) is 4.90 Å². The average Bonchev–Trinajstić information content (AvgIpc) is 2.10. The zero-order valence-electron chi connectivity index (χ0n) is 6.30. The van der Waals surface area contributed by atoms with E-state index in [4.69, 9.17) is 11.6 Å². The number of amides is 1. The molecule has 3 heteroatoms. The van der Waals surface area contributed by atoms with E-state index >= 15 is 0 Å². The Bertz CT molecular complexity index is 149. The number of halogens is 1. The summed E-state index contributed by atoms with van der Waals surface area (Å²) in [5, 5.41) is -0.308. The van der Waals surface area contributed by atoms with Crippen LogP contribution >= 0.6 is 11.6 Å². The molecule has 2 atom stereocenters. The van der Waals surface area contributed by atoms with Crippen molar-refractivity contribution >= 4 is 17.0 Å². The Morgan fingerprint density at radius 3 is 2.40 bits per heavy atom. The number of rotatable bonds is 0. The van der Waals surface area contributed by atoms with Crippen molar-refractivity contribution in [3.63, 3.8) is 0 Å². The van der Waals surface area contributed by atoms with E-state index in [1.54, 1.807) is 4.90 Å². The summed E-state index contributed by atoms with van der Waals surface area (Å²) in [7, 11) is 0. The highest BCUT2D eigenvalue weighted by atomic mass is 35.5. The molecule has 1 saturated heterocycles. The van der Waals surface area contributed by atoms with E-state index in [2.05, 4.69) is 6.92 Å². The van der Waals surface area contributed by atoms with Crippen LogP contribution < -0.4 is 0 Å². The summed E-state index contributed by atoms with van der Waals surface area (Å²) in [4.78, 5) is 12.4. The largest absolute Gasteiger partial charge is 0.326 e. The van der Waals surface area contributed by atoms with E-state index < -0.39 is 0 Å². The first-order chi connectivity index (χ1) is 4.61. The van der Waals surface area contributed by atoms with E-state index in [0.717, 1.165) is 13.0 Å². The molecule has 2 nitrogen and oxygen atoms in total. The van der Waals surface area contributed by atoms with Crippen LogP contribution in [0.3, 0.4) is 0 Å². The molecule has 0 N–H and O–H groups in total. The van der Waals surface area contributed by atoms with Crippen molar-refractivity contribution in [2.24, 2.45) is 5.92 Å². The van der Waals surface area contributed by atoms with Gasteiger partial charge < -0.3 is 4.90 Å². The molecular weight excluding hydrogens is 150 g/mol. The number of hydrogen-bond acceptors (Lipinski definition) is 1. The van der Waals surface area contributed by atoms with Crippen molar-refractivity contribution < 1.29 is 4.79 Å². The first-order valence-electron chi connectivity index (χ1n) is 3.57. The van der Waals surface area contributed by atoms with E-state index in [-0.39, 0.29) is 5.37 Å². The maximum Gasteiger partial charge on any atom is 0.316 e. The lowest BCUT2D eigenvalue weighted by Crippen LogP contribution is -2.29. The van der Waals surface area contributed by atoms with Gasteiger partial charge in [0.2, 0.25) is 0 Å². The SMILES string of the molecule is C[C@H]1C[C@@H](C)N(C(=O)Cl)C1. The van der Waals surface area contributed by atoms with Gasteiger partial charge in [0.25, 0.3) is 0 Å². The number of hydrogen-bond donors (Lipinski definition) is 0. The molecule has 0 aromatic heterocycles. The topological polar surface area (TPSA) is 20.3 Å². The fourth-order valence-corrected chi connectivity index (χ4v) is 1.78. The van der Waals surface area contributed by atoms with Crippen LogP contribution in [-0.2, 0) is 0 Å². The number of likely N-dealkylation sites (tertiary alicyclic amines) is 1. The number of carbonyl (C=O) groups excluding carboxylic acids is 1. The molecule has 0 aromatic carbocycles. The normalized spacial score (nSPS) is 32.9. The lowest BCUT2D eigenvalue weighted by molar-refractivity contribution is 0.219. The molecule has 0 aliphatic carbocycles. The Morgan fingerprint density at radius 2 is 2.20 bits per heavy atom. The minimum Gasteiger partial charge on any atom is -0.326 e. The second-order valence-electron chi connectivity index (χ2n) is 3.10. The minimum absolute atomic E-state index is 0.308. The molecule has 0 radical (unpaired) electrons. The second-order valence-corrected chi connectivity index (χ2v) is 3.42. The standard InChI is InChI=1S/C7H12ClNO/c1-5-3-6(2)9(4-5)7(8)10/h5-6H,3-4H2,1-2H3/t5-,6+/m0/s1. The van der Waals surface area contributed by atoms with Gasteiger partial charge in [-0.05, 0) is 30.9 Å². The highest BCUT2D eigenvalue weighted by molar-refractivity contribution is 6.62. The molecular formula is C7H12ClNO. The summed E-state index contributed by atoms with van der Waals surface area (Å²) >= 11 is 5.33. The molecule has 1 aliphatic heterocycles. The molecule has 0 bridgehead atoms. The summed E-state index contributed by atoms with van der Waals surface area (Å²) in [5.41, 5.74) is 0. The highest BCUT2D eigenvalue weighted by Gasteiger charge is 2.28. The van der Waals surface area contributed by atoms with Gasteiger partial charge in [0.1, 0.15) is 0 Å². The summed E-state index contributed by atoms with van der Waals surface area (Å²) in [6, 6.07) is 0.333. The van der Waals surface area contributed by atoms with E-state index in [0.29, 0.717) is 12.0 Å². The average molecular weight is 162 g/mol. The number of carbonyl (C=O) groups is 1. The lowest BCUT2D eigenvalue weighted by atomic mass is 10.1. The van der Waals surface area contributed by atoms with Crippen LogP contribution in [0.4, 0.5) is 4.79 Å². The smallest absolute Gasteiger partial charge is 0.316 e. The summed E-state index contributed by atoms with van der Waals surface area (Å²) in [6.45, 7) is 4.99. The van der Waals surface area contributed by atoms with Crippen molar-refractivity contribution in [2.75, 3.05) is 6.54 Å². The third-order valence-electron chi connectivity index (χ3n) is 2.01. The molecule has 1 aliphatic rings. The summed E-state index contributed by atoms with van der Waals surface area (Å²) in [5.74, 6) is 0.609. The van der Waals surface area contributed by atoms with Crippen LogP contribution in [0.15, 0.2) is 0 Å². The molecule has 0 spiro atoms. The molecule has 0 saturated carbocycles. The third kappa shape index (κ3) is 1.43. The van der Waals surface area contributed by atoms with E-state index in [1.807, 2.05) is 6.92 Å². The quantitative estimate of drug-likeness (QED) is 0.394. The van der Waals surface area contributed by atoms with Gasteiger partial charge in [-0.2, -0.15) is 0 Å². The van der Waals surface area contributed by atoms with Gasteiger partial charge in [-0.3, -0.25) is 4.79 Å². The van der Waals surface area contributed by atoms with Gasteiger partial charge >= 0.3 is 5.37 Å². The van der Waals surface area contributed by atoms with Crippen molar-refractivity contribution in [2.45, 2.75) is 26.3 Å². The van der Waals surface area contributed by atoms with Crippen LogP contribution in [-0.4, -0.2) is 22.9 Å². The Morgan fingerprint density at radius 1 is 1.60 bits per heavy atom. The lowest BCUT2D eigenvalue weighted by Gasteiger charge is -2.16. The molecule has 1 fully saturated rings. The van der Waals surface area contributed by atoms with Gasteiger partial charge in [0.15, 0.2) is 0 Å². The van der Waals surface area contributed by atoms with Crippen molar-refractivity contribution in [3.8, 4) is 0 Å². The Balaban J connectivity index is 2.54. The zero-order valence-corrected chi connectivity index (χ0v) is 7.06. The molecule has 58 valence electrons. The predicted molar refractivity (Wildman–Crippen MR) is 41.2 cm³/mol. The van der Waals surface area contributed by atoms with Crippen LogP contribution in [0.25, 0.3) is 0 Å². The summed E-state index contributed by atoms with van der Waals surface area (Å²) < 4.78 is 0. The Labute approximate surface area is 66.1 Å². The van der Waals surface area contributed by atoms with Crippen molar-refractivity contribution in [1.29, 1.82) is 0 Å². The van der Waals surface area contributed by atoms with E-state index in [1.165, 1.54) is 0 Å². The van der Waals surface area contributed by atoms with Crippen LogP contribution in [0.1, 0.15) is 20.3 Å². The Hall–Kier alpha value is -0.240. The first-order valence-corrected chi connectivity index (χ1v) is 3.95. The van der Waals surface area contributed by atoms with Gasteiger partial charge in [-0.25, -0.2) is 0 Å². The first kappa shape index (κ1) is 7.86. The minimum atomic E-state index is -0.308. The van der Waals surface area contributed by atoms with Crippen LogP contribution in [0, 0.1) is 5.92 Å². The molecule has 10 heavy (non-hydrogen) atoms. The van der Waals surface area contributed by atoms with Gasteiger partial charge in [-0.1, -0.05) is 6.92 Å². The molecule has 1 heterocycles. The third-order valence-corrected chi connectivity index (χ3v) is 2.23. The fraction of sp³-hybridized carbons (Fsp3) is 0.857. The van der Waals surface area contributed by atoms with E-state index in [9.17, 15) is 4.79 Å². The van der Waals surface area contributed by atoms with Crippen LogP contribution in [0.2, 0.25) is 0 Å². The molecule has 1 rings (SSSR count). The second kappa shape index (κ2) is 2.79. The molecule has 0 aromatic rings. The number of nitrogens with zero attached hydrogens (tertiary/aromatic N) is 1. The fourth-order valence-electron chi connectivity index (χ4n) is 1.54. The van der Waals surface area contributed by atoms with Crippen LogP contribution in [0.5, 0.6) is 0 Å². The maximum absolute atomic E-state index is 10.7. The maximum atomic E-state index is 10.7. The van der Waals surface area contributed by atoms with Gasteiger partial charge in [0.05, 0.1) is 0 Å². The predicted octanol–water partition coefficient (Wildman–Crippen LogP) is 2.08. The highest BCUT2D eigenvalue weighted by Crippen LogP contribution is 2.23. The Kier molecular flexibility index (Phi) is 2.19. The monoisotopic (exact) mass is 161 g/mol. The zero-order chi connectivity index (χ0) is 7.72. The molecule has 0 unspecified atom stereocenters. The molecule has 1 amide bonds. The van der Waals surface area contributed by atoms with Gasteiger partial charge in [0, 0.05) is 12.6 Å². The van der Waals surface area contributed by atoms with Gasteiger partial charge in [-0.15, -0.1) is 0 Å². The van der Waals surface area contributed by atoms with Crippen molar-refractivity contribution in [3.05, 3.63) is 0 Å².